The highest BCUT2D eigenvalue weighted by Crippen LogP contribution is 2.49. The molecule has 2 saturated carbocycles. The minimum absolute atomic E-state index is 0.0747. The van der Waals surface area contributed by atoms with E-state index >= 15 is 0 Å². The molecule has 0 radical (unpaired) electrons. The van der Waals surface area contributed by atoms with Crippen LogP contribution < -0.4 is 10.5 Å². The van der Waals surface area contributed by atoms with Gasteiger partial charge in [0.25, 0.3) is 0 Å². The lowest BCUT2D eigenvalue weighted by Crippen LogP contribution is -2.19. The number of ether oxygens (including phenoxy) is 1. The lowest BCUT2D eigenvalue weighted by Gasteiger charge is -2.19. The number of amidine groups is 1. The molecule has 0 spiro atoms. The fraction of sp³-hybridized carbons (Fsp3) is 0.529. The van der Waals surface area contributed by atoms with Gasteiger partial charge in [0.05, 0.1) is 19.1 Å². The summed E-state index contributed by atoms with van der Waals surface area (Å²) >= 11 is 5.96. The van der Waals surface area contributed by atoms with Crippen LogP contribution in [0.15, 0.2) is 23.4 Å². The van der Waals surface area contributed by atoms with Gasteiger partial charge < -0.3 is 15.3 Å². The molecule has 6 heteroatoms. The second kappa shape index (κ2) is 6.79. The van der Waals surface area contributed by atoms with Crippen LogP contribution in [0.25, 0.3) is 0 Å². The van der Waals surface area contributed by atoms with Crippen molar-refractivity contribution in [2.45, 2.75) is 32.1 Å². The Morgan fingerprint density at radius 1 is 1.39 bits per heavy atom. The van der Waals surface area contributed by atoms with Crippen LogP contribution in [0.1, 0.15) is 37.7 Å². The first-order chi connectivity index (χ1) is 11.1. The van der Waals surface area contributed by atoms with Crippen LogP contribution in [0.4, 0.5) is 0 Å². The predicted octanol–water partition coefficient (Wildman–Crippen LogP) is 3.34. The molecule has 23 heavy (non-hydrogen) atoms. The lowest BCUT2D eigenvalue weighted by molar-refractivity contribution is -0.145. The first-order valence-electron chi connectivity index (χ1n) is 7.94. The highest BCUT2D eigenvalue weighted by atomic mass is 35.5. The molecule has 3 atom stereocenters. The molecule has 0 saturated heterocycles. The molecule has 2 aliphatic rings. The zero-order chi connectivity index (χ0) is 16.4. The third-order valence-electron chi connectivity index (χ3n) is 5.00. The van der Waals surface area contributed by atoms with E-state index in [0.717, 1.165) is 12.3 Å². The topological polar surface area (TPSA) is 73.9 Å². The molecule has 0 heterocycles. The largest absolute Gasteiger partial charge is 0.496 e. The highest BCUT2D eigenvalue weighted by Gasteiger charge is 2.40. The monoisotopic (exact) mass is 336 g/mol. The van der Waals surface area contributed by atoms with Crippen LogP contribution in [0.2, 0.25) is 5.02 Å². The summed E-state index contributed by atoms with van der Waals surface area (Å²) < 4.78 is 5.21. The van der Waals surface area contributed by atoms with Gasteiger partial charge in [0.15, 0.2) is 5.84 Å². The third kappa shape index (κ3) is 3.61. The van der Waals surface area contributed by atoms with E-state index < -0.39 is 0 Å². The number of hydrogen-bond donors (Lipinski definition) is 1. The molecule has 0 amide bonds. The standard InChI is InChI=1S/C17H21ClN2O3/c1-22-15-5-4-13(18)9-14(15)17(19)20-23-16(21)8-12-7-10-2-3-11(12)6-10/h4-5,9-12H,2-3,6-8H2,1H3,(H2,19,20)/t10-,11-,12+/m0/s1. The van der Waals surface area contributed by atoms with Crippen molar-refractivity contribution in [3.05, 3.63) is 28.8 Å². The summed E-state index contributed by atoms with van der Waals surface area (Å²) in [6.07, 6.45) is 5.39. The molecule has 0 unspecified atom stereocenters. The Hall–Kier alpha value is -1.75. The molecule has 0 aliphatic heterocycles. The van der Waals surface area contributed by atoms with Crippen molar-refractivity contribution in [1.82, 2.24) is 0 Å². The van der Waals surface area contributed by atoms with Crippen molar-refractivity contribution in [2.24, 2.45) is 28.6 Å². The molecule has 1 aromatic rings. The number of rotatable bonds is 5. The molecule has 2 bridgehead atoms. The number of carbonyl (C=O) groups is 1. The maximum absolute atomic E-state index is 12.0. The van der Waals surface area contributed by atoms with E-state index in [1.54, 1.807) is 18.2 Å². The zero-order valence-corrected chi connectivity index (χ0v) is 13.9. The number of halogens is 1. The summed E-state index contributed by atoms with van der Waals surface area (Å²) in [6, 6.07) is 5.01. The Kier molecular flexibility index (Phi) is 4.76. The Bertz CT molecular complexity index is 632. The Balaban J connectivity index is 1.60. The van der Waals surface area contributed by atoms with Gasteiger partial charge in [-0.3, -0.25) is 0 Å². The summed E-state index contributed by atoms with van der Waals surface area (Å²) in [7, 11) is 1.53. The fourth-order valence-electron chi connectivity index (χ4n) is 3.91. The molecule has 2 N–H and O–H groups in total. The number of methoxy groups -OCH3 is 1. The molecular formula is C17H21ClN2O3. The predicted molar refractivity (Wildman–Crippen MR) is 88.4 cm³/mol. The van der Waals surface area contributed by atoms with Gasteiger partial charge >= 0.3 is 5.97 Å². The highest BCUT2D eigenvalue weighted by molar-refractivity contribution is 6.31. The van der Waals surface area contributed by atoms with E-state index in [0.29, 0.717) is 34.6 Å². The maximum Gasteiger partial charge on any atom is 0.335 e. The van der Waals surface area contributed by atoms with Gasteiger partial charge in [0.2, 0.25) is 0 Å². The van der Waals surface area contributed by atoms with E-state index in [1.165, 1.54) is 26.4 Å². The molecule has 0 aromatic heterocycles. The van der Waals surface area contributed by atoms with Crippen molar-refractivity contribution in [1.29, 1.82) is 0 Å². The smallest absolute Gasteiger partial charge is 0.335 e. The lowest BCUT2D eigenvalue weighted by atomic mass is 9.86. The van der Waals surface area contributed by atoms with E-state index in [-0.39, 0.29) is 11.8 Å². The maximum atomic E-state index is 12.0. The Morgan fingerprint density at radius 3 is 2.87 bits per heavy atom. The molecule has 124 valence electrons. The number of carbonyl (C=O) groups excluding carboxylic acids is 1. The molecular weight excluding hydrogens is 316 g/mol. The number of nitrogens with zero attached hydrogens (tertiary/aromatic N) is 1. The summed E-state index contributed by atoms with van der Waals surface area (Å²) in [5, 5.41) is 4.26. The zero-order valence-electron chi connectivity index (χ0n) is 13.1. The van der Waals surface area contributed by atoms with Gasteiger partial charge in [0.1, 0.15) is 5.75 Å². The Labute approximate surface area is 140 Å². The van der Waals surface area contributed by atoms with Gasteiger partial charge in [-0.15, -0.1) is 0 Å². The molecule has 2 aliphatic carbocycles. The van der Waals surface area contributed by atoms with Crippen molar-refractivity contribution in [3.63, 3.8) is 0 Å². The number of benzene rings is 1. The molecule has 1 aromatic carbocycles. The van der Waals surface area contributed by atoms with Crippen LogP contribution in [-0.4, -0.2) is 18.9 Å². The minimum atomic E-state index is -0.327. The van der Waals surface area contributed by atoms with E-state index in [9.17, 15) is 4.79 Å². The quantitative estimate of drug-likeness (QED) is 0.387. The van der Waals surface area contributed by atoms with E-state index in [1.807, 2.05) is 0 Å². The minimum Gasteiger partial charge on any atom is -0.496 e. The van der Waals surface area contributed by atoms with Crippen molar-refractivity contribution >= 4 is 23.4 Å². The second-order valence-electron chi connectivity index (χ2n) is 6.42. The van der Waals surface area contributed by atoms with E-state index in [4.69, 9.17) is 26.9 Å². The van der Waals surface area contributed by atoms with Gasteiger partial charge in [-0.25, -0.2) is 4.79 Å². The van der Waals surface area contributed by atoms with Crippen molar-refractivity contribution in [3.8, 4) is 5.75 Å². The number of hydrogen-bond acceptors (Lipinski definition) is 4. The van der Waals surface area contributed by atoms with Gasteiger partial charge in [-0.1, -0.05) is 23.2 Å². The summed E-state index contributed by atoms with van der Waals surface area (Å²) in [4.78, 5) is 17.0. The van der Waals surface area contributed by atoms with Crippen molar-refractivity contribution < 1.29 is 14.4 Å². The summed E-state index contributed by atoms with van der Waals surface area (Å²) in [6.45, 7) is 0. The summed E-state index contributed by atoms with van der Waals surface area (Å²) in [5.41, 5.74) is 6.40. The third-order valence-corrected chi connectivity index (χ3v) is 5.23. The normalized spacial score (nSPS) is 26.3. The van der Waals surface area contributed by atoms with Crippen LogP contribution in [-0.2, 0) is 9.63 Å². The average Bonchev–Trinajstić information content (AvgIpc) is 3.15. The second-order valence-corrected chi connectivity index (χ2v) is 6.86. The number of nitrogens with two attached hydrogens (primary N) is 1. The molecule has 5 nitrogen and oxygen atoms in total. The average molecular weight is 337 g/mol. The Morgan fingerprint density at radius 2 is 2.22 bits per heavy atom. The number of fused-ring (bicyclic) bond motifs is 2. The van der Waals surface area contributed by atoms with Crippen LogP contribution in [0.3, 0.4) is 0 Å². The van der Waals surface area contributed by atoms with Gasteiger partial charge in [-0.05, 0) is 55.2 Å². The number of oxime groups is 1. The van der Waals surface area contributed by atoms with Gasteiger partial charge in [0, 0.05) is 5.02 Å². The van der Waals surface area contributed by atoms with E-state index in [2.05, 4.69) is 5.16 Å². The van der Waals surface area contributed by atoms with Crippen LogP contribution in [0.5, 0.6) is 5.75 Å². The molecule has 2 fully saturated rings. The van der Waals surface area contributed by atoms with Gasteiger partial charge in [-0.2, -0.15) is 0 Å². The SMILES string of the molecule is COc1ccc(Cl)cc1/C(N)=N\OC(=O)C[C@H]1C[C@H]2CC[C@H]1C2. The first kappa shape index (κ1) is 16.1. The fourth-order valence-corrected chi connectivity index (χ4v) is 4.08. The van der Waals surface area contributed by atoms with Crippen LogP contribution >= 0.6 is 11.6 Å². The molecule has 3 rings (SSSR count). The van der Waals surface area contributed by atoms with Crippen molar-refractivity contribution in [2.75, 3.05) is 7.11 Å². The van der Waals surface area contributed by atoms with Crippen LogP contribution in [0, 0.1) is 17.8 Å². The summed E-state index contributed by atoms with van der Waals surface area (Å²) in [5.74, 6) is 2.21. The first-order valence-corrected chi connectivity index (χ1v) is 8.32.